The quantitative estimate of drug-likeness (QED) is 0.797. The molecule has 2 heterocycles. The number of carbonyl (C=O) groups excluding carboxylic acids is 2. The molecular formula is C19H20Cl2N4O2. The van der Waals surface area contributed by atoms with Crippen molar-refractivity contribution < 1.29 is 9.59 Å². The van der Waals surface area contributed by atoms with Crippen molar-refractivity contribution in [2.45, 2.75) is 19.3 Å². The van der Waals surface area contributed by atoms with Crippen LogP contribution in [0.25, 0.3) is 0 Å². The molecule has 3 N–H and O–H groups in total. The first-order valence-corrected chi connectivity index (χ1v) is 9.42. The summed E-state index contributed by atoms with van der Waals surface area (Å²) in [4.78, 5) is 30.1. The van der Waals surface area contributed by atoms with Crippen LogP contribution in [-0.2, 0) is 16.0 Å². The first kappa shape index (κ1) is 19.5. The fourth-order valence-electron chi connectivity index (χ4n) is 3.11. The van der Waals surface area contributed by atoms with Crippen LogP contribution in [0.1, 0.15) is 18.4 Å². The Hall–Kier alpha value is -2.31. The zero-order valence-corrected chi connectivity index (χ0v) is 16.1. The van der Waals surface area contributed by atoms with E-state index in [1.165, 1.54) is 0 Å². The molecule has 2 amide bonds. The van der Waals surface area contributed by atoms with Crippen molar-refractivity contribution in [2.24, 2.45) is 11.7 Å². The molecule has 6 nitrogen and oxygen atoms in total. The average molecular weight is 407 g/mol. The van der Waals surface area contributed by atoms with Gasteiger partial charge in [0.05, 0.1) is 24.2 Å². The molecule has 0 radical (unpaired) electrons. The van der Waals surface area contributed by atoms with Crippen LogP contribution in [0.2, 0.25) is 10.0 Å². The molecule has 1 saturated heterocycles. The van der Waals surface area contributed by atoms with Crippen LogP contribution in [-0.4, -0.2) is 29.9 Å². The lowest BCUT2D eigenvalue weighted by Gasteiger charge is -2.32. The van der Waals surface area contributed by atoms with Crippen LogP contribution in [0.15, 0.2) is 36.5 Å². The number of benzene rings is 1. The third-order valence-electron chi connectivity index (χ3n) is 4.55. The number of anilines is 2. The Bertz CT molecular complexity index is 842. The van der Waals surface area contributed by atoms with Gasteiger partial charge in [0.15, 0.2) is 0 Å². The topological polar surface area (TPSA) is 88.3 Å². The lowest BCUT2D eigenvalue weighted by atomic mass is 9.97. The van der Waals surface area contributed by atoms with Crippen LogP contribution in [0, 0.1) is 5.92 Å². The van der Waals surface area contributed by atoms with Crippen LogP contribution in [0.5, 0.6) is 0 Å². The number of amides is 2. The van der Waals surface area contributed by atoms with E-state index in [0.29, 0.717) is 27.8 Å². The van der Waals surface area contributed by atoms with Gasteiger partial charge in [0, 0.05) is 23.1 Å². The Kier molecular flexibility index (Phi) is 6.19. The maximum atomic E-state index is 12.2. The largest absolute Gasteiger partial charge is 0.369 e. The number of piperidine rings is 1. The summed E-state index contributed by atoms with van der Waals surface area (Å²) < 4.78 is 0. The van der Waals surface area contributed by atoms with E-state index in [4.69, 9.17) is 28.9 Å². The highest BCUT2D eigenvalue weighted by Crippen LogP contribution is 2.23. The highest BCUT2D eigenvalue weighted by molar-refractivity contribution is 6.35. The van der Waals surface area contributed by atoms with E-state index >= 15 is 0 Å². The molecular weight excluding hydrogens is 387 g/mol. The molecule has 0 bridgehead atoms. The number of hydrogen-bond donors (Lipinski definition) is 2. The van der Waals surface area contributed by atoms with Crippen LogP contribution < -0.4 is 16.0 Å². The molecule has 1 unspecified atom stereocenters. The summed E-state index contributed by atoms with van der Waals surface area (Å²) in [7, 11) is 0. The summed E-state index contributed by atoms with van der Waals surface area (Å²) in [5, 5.41) is 3.79. The summed E-state index contributed by atoms with van der Waals surface area (Å²) in [5.74, 6) is 0.147. The van der Waals surface area contributed by atoms with E-state index in [-0.39, 0.29) is 24.2 Å². The van der Waals surface area contributed by atoms with Crippen LogP contribution in [0.4, 0.5) is 11.5 Å². The molecule has 1 aliphatic heterocycles. The van der Waals surface area contributed by atoms with Gasteiger partial charge < -0.3 is 16.0 Å². The Morgan fingerprint density at radius 1 is 1.26 bits per heavy atom. The van der Waals surface area contributed by atoms with E-state index < -0.39 is 0 Å². The van der Waals surface area contributed by atoms with E-state index in [2.05, 4.69) is 10.3 Å². The predicted octanol–water partition coefficient (Wildman–Crippen LogP) is 3.27. The van der Waals surface area contributed by atoms with Gasteiger partial charge >= 0.3 is 0 Å². The average Bonchev–Trinajstić information content (AvgIpc) is 2.65. The number of nitrogens with zero attached hydrogens (tertiary/aromatic N) is 2. The van der Waals surface area contributed by atoms with Gasteiger partial charge in [-0.25, -0.2) is 4.98 Å². The molecule has 1 aromatic carbocycles. The van der Waals surface area contributed by atoms with E-state index in [0.717, 1.165) is 25.2 Å². The van der Waals surface area contributed by atoms with E-state index in [1.54, 1.807) is 30.5 Å². The minimum atomic E-state index is -0.274. The van der Waals surface area contributed by atoms with Gasteiger partial charge in [0.25, 0.3) is 0 Å². The van der Waals surface area contributed by atoms with E-state index in [1.807, 2.05) is 11.0 Å². The normalized spacial score (nSPS) is 16.8. The van der Waals surface area contributed by atoms with Gasteiger partial charge in [0.2, 0.25) is 11.8 Å². The van der Waals surface area contributed by atoms with Crippen molar-refractivity contribution in [3.05, 3.63) is 52.1 Å². The van der Waals surface area contributed by atoms with Crippen molar-refractivity contribution in [1.29, 1.82) is 0 Å². The summed E-state index contributed by atoms with van der Waals surface area (Å²) in [5.41, 5.74) is 6.72. The lowest BCUT2D eigenvalue weighted by Crippen LogP contribution is -2.41. The number of halogens is 2. The molecule has 142 valence electrons. The number of hydrogen-bond acceptors (Lipinski definition) is 4. The smallest absolute Gasteiger partial charge is 0.228 e. The number of pyridine rings is 1. The zero-order valence-electron chi connectivity index (χ0n) is 14.6. The zero-order chi connectivity index (χ0) is 19.4. The Labute approximate surface area is 167 Å². The summed E-state index contributed by atoms with van der Waals surface area (Å²) >= 11 is 12.0. The standard InChI is InChI=1S/C19H20Cl2N4O2/c20-14-4-3-12(16(21)9-14)8-18(26)24-15-5-6-17(23-10-15)25-7-1-2-13(11-25)19(22)27/h3-6,9-10,13H,1-2,7-8,11H2,(H2,22,27)(H,24,26). The van der Waals surface area contributed by atoms with Gasteiger partial charge in [-0.3, -0.25) is 9.59 Å². The first-order valence-electron chi connectivity index (χ1n) is 8.66. The molecule has 0 aliphatic carbocycles. The van der Waals surface area contributed by atoms with Crippen LogP contribution in [0.3, 0.4) is 0 Å². The molecule has 3 rings (SSSR count). The maximum absolute atomic E-state index is 12.2. The van der Waals surface area contributed by atoms with Crippen LogP contribution >= 0.6 is 23.2 Å². The Morgan fingerprint density at radius 2 is 2.07 bits per heavy atom. The van der Waals surface area contributed by atoms with Crippen molar-refractivity contribution in [2.75, 3.05) is 23.3 Å². The van der Waals surface area contributed by atoms with Gasteiger partial charge in [0.1, 0.15) is 5.82 Å². The molecule has 27 heavy (non-hydrogen) atoms. The minimum absolute atomic E-state index is 0.143. The summed E-state index contributed by atoms with van der Waals surface area (Å²) in [6, 6.07) is 8.66. The fraction of sp³-hybridized carbons (Fsp3) is 0.316. The second-order valence-electron chi connectivity index (χ2n) is 6.55. The van der Waals surface area contributed by atoms with Crippen molar-refractivity contribution in [3.8, 4) is 0 Å². The molecule has 1 aliphatic rings. The van der Waals surface area contributed by atoms with Gasteiger partial charge in [-0.05, 0) is 42.7 Å². The molecule has 8 heteroatoms. The summed E-state index contributed by atoms with van der Waals surface area (Å²) in [6.45, 7) is 1.40. The lowest BCUT2D eigenvalue weighted by molar-refractivity contribution is -0.122. The number of nitrogens with two attached hydrogens (primary N) is 1. The molecule has 1 aromatic heterocycles. The highest BCUT2D eigenvalue weighted by atomic mass is 35.5. The van der Waals surface area contributed by atoms with Gasteiger partial charge in [-0.2, -0.15) is 0 Å². The Balaban J connectivity index is 1.60. The molecule has 2 aromatic rings. The molecule has 0 saturated carbocycles. The second-order valence-corrected chi connectivity index (χ2v) is 7.40. The van der Waals surface area contributed by atoms with Gasteiger partial charge in [-0.15, -0.1) is 0 Å². The SMILES string of the molecule is NC(=O)C1CCCN(c2ccc(NC(=O)Cc3ccc(Cl)cc3Cl)cn2)C1. The Morgan fingerprint density at radius 3 is 2.74 bits per heavy atom. The third-order valence-corrected chi connectivity index (χ3v) is 5.13. The van der Waals surface area contributed by atoms with Crippen molar-refractivity contribution >= 4 is 46.5 Å². The number of primary amides is 1. The number of rotatable bonds is 5. The first-order chi connectivity index (χ1) is 12.9. The molecule has 1 atom stereocenters. The van der Waals surface area contributed by atoms with E-state index in [9.17, 15) is 9.59 Å². The fourth-order valence-corrected chi connectivity index (χ4v) is 3.58. The monoisotopic (exact) mass is 406 g/mol. The van der Waals surface area contributed by atoms with Gasteiger partial charge in [-0.1, -0.05) is 29.3 Å². The second kappa shape index (κ2) is 8.59. The molecule has 1 fully saturated rings. The highest BCUT2D eigenvalue weighted by Gasteiger charge is 2.24. The summed E-state index contributed by atoms with van der Waals surface area (Å²) in [6.07, 6.45) is 3.46. The minimum Gasteiger partial charge on any atom is -0.369 e. The number of aromatic nitrogens is 1. The van der Waals surface area contributed by atoms with Crippen molar-refractivity contribution in [1.82, 2.24) is 4.98 Å². The molecule has 0 spiro atoms. The number of nitrogens with one attached hydrogen (secondary N) is 1. The number of carbonyl (C=O) groups is 2. The predicted molar refractivity (Wildman–Crippen MR) is 107 cm³/mol. The third kappa shape index (κ3) is 5.11. The maximum Gasteiger partial charge on any atom is 0.228 e. The van der Waals surface area contributed by atoms with Crippen molar-refractivity contribution in [3.63, 3.8) is 0 Å².